The maximum Gasteiger partial charge on any atom is 0.249 e. The van der Waals surface area contributed by atoms with Gasteiger partial charge in [-0.3, -0.25) is 9.20 Å². The number of nitrogens with zero attached hydrogens (tertiary/aromatic N) is 2. The van der Waals surface area contributed by atoms with Crippen molar-refractivity contribution in [1.29, 1.82) is 0 Å². The minimum atomic E-state index is 0.356. The Balaban J connectivity index is 1.75. The van der Waals surface area contributed by atoms with Crippen LogP contribution in [0.25, 0.3) is 5.65 Å². The molecule has 0 unspecified atom stereocenters. The molecule has 4 nitrogen and oxygen atoms in total. The minimum Gasteiger partial charge on any atom is -0.437 e. The van der Waals surface area contributed by atoms with Crippen molar-refractivity contribution in [3.05, 3.63) is 59.4 Å². The highest BCUT2D eigenvalue weighted by Gasteiger charge is 2.15. The number of pyridine rings is 1. The van der Waals surface area contributed by atoms with Gasteiger partial charge in [-0.2, -0.15) is 4.98 Å². The third-order valence-electron chi connectivity index (χ3n) is 3.93. The average molecular weight is 278 g/mol. The molecule has 0 spiro atoms. The van der Waals surface area contributed by atoms with Gasteiger partial charge in [0.2, 0.25) is 5.88 Å². The van der Waals surface area contributed by atoms with Gasteiger partial charge in [0.1, 0.15) is 11.4 Å². The molecule has 3 aromatic rings. The normalized spacial score (nSPS) is 13.3. The van der Waals surface area contributed by atoms with E-state index in [9.17, 15) is 4.79 Å². The third-order valence-corrected chi connectivity index (χ3v) is 3.93. The van der Waals surface area contributed by atoms with Crippen molar-refractivity contribution in [3.8, 4) is 11.6 Å². The summed E-state index contributed by atoms with van der Waals surface area (Å²) in [4.78, 5) is 15.7. The molecule has 4 heteroatoms. The van der Waals surface area contributed by atoms with Crippen molar-refractivity contribution in [2.24, 2.45) is 0 Å². The molecule has 0 fully saturated rings. The highest BCUT2D eigenvalue weighted by Crippen LogP contribution is 2.30. The summed E-state index contributed by atoms with van der Waals surface area (Å²) >= 11 is 0. The molecule has 1 aromatic carbocycles. The lowest BCUT2D eigenvalue weighted by Crippen LogP contribution is -1.93. The summed E-state index contributed by atoms with van der Waals surface area (Å²) in [6, 6.07) is 11.7. The molecule has 0 amide bonds. The molecule has 0 bridgehead atoms. The molecular formula is C17H14N2O2. The molecule has 0 radical (unpaired) electrons. The van der Waals surface area contributed by atoms with Gasteiger partial charge in [0.25, 0.3) is 0 Å². The Hall–Kier alpha value is -2.62. The Morgan fingerprint density at radius 3 is 2.95 bits per heavy atom. The topological polar surface area (TPSA) is 43.6 Å². The lowest BCUT2D eigenvalue weighted by atomic mass is 10.1. The first kappa shape index (κ1) is 12.1. The van der Waals surface area contributed by atoms with Gasteiger partial charge in [-0.15, -0.1) is 0 Å². The number of carbonyl (C=O) groups is 1. The van der Waals surface area contributed by atoms with Crippen LogP contribution in [0.5, 0.6) is 11.6 Å². The summed E-state index contributed by atoms with van der Waals surface area (Å²) in [7, 11) is 0. The van der Waals surface area contributed by atoms with Crippen LogP contribution in [0.1, 0.15) is 28.0 Å². The number of aryl methyl sites for hydroxylation is 2. The smallest absolute Gasteiger partial charge is 0.249 e. The van der Waals surface area contributed by atoms with Gasteiger partial charge in [0, 0.05) is 6.20 Å². The molecule has 2 aromatic heterocycles. The number of aromatic nitrogens is 2. The van der Waals surface area contributed by atoms with Gasteiger partial charge < -0.3 is 4.74 Å². The fourth-order valence-electron chi connectivity index (χ4n) is 2.90. The fourth-order valence-corrected chi connectivity index (χ4v) is 2.90. The second kappa shape index (κ2) is 4.74. The summed E-state index contributed by atoms with van der Waals surface area (Å²) < 4.78 is 7.58. The second-order valence-electron chi connectivity index (χ2n) is 5.24. The summed E-state index contributed by atoms with van der Waals surface area (Å²) in [5.41, 5.74) is 3.87. The number of imidazole rings is 1. The minimum absolute atomic E-state index is 0.356. The number of carbonyl (C=O) groups excluding carboxylic acids is 1. The first-order chi connectivity index (χ1) is 10.3. The third kappa shape index (κ3) is 2.00. The quantitative estimate of drug-likeness (QED) is 0.689. The van der Waals surface area contributed by atoms with E-state index in [1.54, 1.807) is 4.40 Å². The first-order valence-electron chi connectivity index (χ1n) is 7.07. The van der Waals surface area contributed by atoms with Crippen molar-refractivity contribution in [1.82, 2.24) is 9.38 Å². The Bertz CT molecular complexity index is 836. The largest absolute Gasteiger partial charge is 0.437 e. The van der Waals surface area contributed by atoms with Crippen molar-refractivity contribution in [2.45, 2.75) is 19.3 Å². The SMILES string of the molecule is O=Cc1c(Oc2ccc3c(c2)CCC3)nc2ccccn12. The highest BCUT2D eigenvalue weighted by molar-refractivity contribution is 5.78. The van der Waals surface area contributed by atoms with Crippen molar-refractivity contribution in [3.63, 3.8) is 0 Å². The molecule has 1 aliphatic carbocycles. The Labute approximate surface area is 122 Å². The summed E-state index contributed by atoms with van der Waals surface area (Å²) in [5.74, 6) is 1.09. The van der Waals surface area contributed by atoms with Crippen molar-refractivity contribution >= 4 is 11.9 Å². The van der Waals surface area contributed by atoms with Crippen molar-refractivity contribution < 1.29 is 9.53 Å². The number of rotatable bonds is 3. The van der Waals surface area contributed by atoms with Crippen molar-refractivity contribution in [2.75, 3.05) is 0 Å². The number of hydrogen-bond donors (Lipinski definition) is 0. The van der Waals surface area contributed by atoms with Crippen LogP contribution < -0.4 is 4.74 Å². The van der Waals surface area contributed by atoms with Crippen LogP contribution >= 0.6 is 0 Å². The number of hydrogen-bond acceptors (Lipinski definition) is 3. The monoisotopic (exact) mass is 278 g/mol. The molecule has 0 saturated heterocycles. The highest BCUT2D eigenvalue weighted by atomic mass is 16.5. The number of ether oxygens (including phenoxy) is 1. The number of aldehydes is 1. The molecule has 2 heterocycles. The maximum atomic E-state index is 11.3. The van der Waals surface area contributed by atoms with Gasteiger partial charge in [0.05, 0.1) is 0 Å². The van der Waals surface area contributed by atoms with Gasteiger partial charge in [-0.1, -0.05) is 12.1 Å². The van der Waals surface area contributed by atoms with E-state index in [4.69, 9.17) is 4.74 Å². The molecule has 21 heavy (non-hydrogen) atoms. The Morgan fingerprint density at radius 2 is 2.05 bits per heavy atom. The average Bonchev–Trinajstić information content (AvgIpc) is 3.10. The molecule has 0 atom stereocenters. The van der Waals surface area contributed by atoms with E-state index in [0.717, 1.165) is 24.9 Å². The van der Waals surface area contributed by atoms with Gasteiger partial charge >= 0.3 is 0 Å². The van der Waals surface area contributed by atoms with Crippen LogP contribution in [0.4, 0.5) is 0 Å². The zero-order valence-electron chi connectivity index (χ0n) is 11.5. The van der Waals surface area contributed by atoms with Crippen LogP contribution in [0.3, 0.4) is 0 Å². The molecule has 0 saturated carbocycles. The van der Waals surface area contributed by atoms with E-state index in [1.807, 2.05) is 30.5 Å². The van der Waals surface area contributed by atoms with E-state index in [0.29, 0.717) is 17.2 Å². The maximum absolute atomic E-state index is 11.3. The van der Waals surface area contributed by atoms with Gasteiger partial charge in [-0.25, -0.2) is 0 Å². The van der Waals surface area contributed by atoms with Crippen LogP contribution in [0.15, 0.2) is 42.6 Å². The second-order valence-corrected chi connectivity index (χ2v) is 5.24. The summed E-state index contributed by atoms with van der Waals surface area (Å²) in [6.07, 6.45) is 6.03. The fraction of sp³-hybridized carbons (Fsp3) is 0.176. The first-order valence-corrected chi connectivity index (χ1v) is 7.07. The van der Waals surface area contributed by atoms with E-state index >= 15 is 0 Å². The lowest BCUT2D eigenvalue weighted by molar-refractivity contribution is 0.111. The van der Waals surface area contributed by atoms with E-state index in [-0.39, 0.29) is 0 Å². The van der Waals surface area contributed by atoms with E-state index in [2.05, 4.69) is 17.1 Å². The number of fused-ring (bicyclic) bond motifs is 2. The predicted molar refractivity (Wildman–Crippen MR) is 79.1 cm³/mol. The Morgan fingerprint density at radius 1 is 1.14 bits per heavy atom. The van der Waals surface area contributed by atoms with E-state index in [1.165, 1.54) is 17.5 Å². The summed E-state index contributed by atoms with van der Waals surface area (Å²) in [6.45, 7) is 0. The standard InChI is InChI=1S/C17H14N2O2/c20-11-15-17(18-16-6-1-2-9-19(15)16)21-14-8-7-12-4-3-5-13(12)10-14/h1-2,6-11H,3-5H2. The summed E-state index contributed by atoms with van der Waals surface area (Å²) in [5, 5.41) is 0. The van der Waals surface area contributed by atoms with E-state index < -0.39 is 0 Å². The lowest BCUT2D eigenvalue weighted by Gasteiger charge is -2.05. The predicted octanol–water partition coefficient (Wildman–Crippen LogP) is 3.43. The van der Waals surface area contributed by atoms with Gasteiger partial charge in [-0.05, 0) is 54.7 Å². The molecule has 0 aliphatic heterocycles. The number of benzene rings is 1. The van der Waals surface area contributed by atoms with Crippen LogP contribution in [-0.2, 0) is 12.8 Å². The van der Waals surface area contributed by atoms with Crippen LogP contribution in [0, 0.1) is 0 Å². The molecule has 0 N–H and O–H groups in total. The van der Waals surface area contributed by atoms with Crippen LogP contribution in [-0.4, -0.2) is 15.7 Å². The zero-order chi connectivity index (χ0) is 14.2. The van der Waals surface area contributed by atoms with Crippen LogP contribution in [0.2, 0.25) is 0 Å². The molecule has 104 valence electrons. The molecular weight excluding hydrogens is 264 g/mol. The van der Waals surface area contributed by atoms with Gasteiger partial charge in [0.15, 0.2) is 12.0 Å². The molecule has 1 aliphatic rings. The molecule has 4 rings (SSSR count). The zero-order valence-corrected chi connectivity index (χ0v) is 11.5. The Kier molecular flexibility index (Phi) is 2.74.